The number of hydrogen-bond donors (Lipinski definition) is 2. The fraction of sp³-hybridized carbons (Fsp3) is 0.133. The van der Waals surface area contributed by atoms with Gasteiger partial charge in [-0.25, -0.2) is 14.3 Å². The molecule has 9 nitrogen and oxygen atoms in total. The number of thiophene rings is 1. The van der Waals surface area contributed by atoms with Gasteiger partial charge < -0.3 is 15.8 Å². The van der Waals surface area contributed by atoms with Crippen LogP contribution in [0.3, 0.4) is 0 Å². The van der Waals surface area contributed by atoms with E-state index in [0.29, 0.717) is 15.7 Å². The van der Waals surface area contributed by atoms with E-state index >= 15 is 0 Å². The molecular weight excluding hydrogens is 426 g/mol. The molecule has 0 aliphatic rings. The fourth-order valence-electron chi connectivity index (χ4n) is 2.35. The van der Waals surface area contributed by atoms with Crippen molar-refractivity contribution in [3.05, 3.63) is 44.6 Å². The molecule has 0 atom stereocenters. The molecule has 0 spiro atoms. The van der Waals surface area contributed by atoms with Crippen LogP contribution in [0, 0.1) is 6.92 Å². The molecule has 3 aromatic rings. The monoisotopic (exact) mass is 437 g/mol. The number of rotatable bonds is 4. The Morgan fingerprint density at radius 1 is 1.38 bits per heavy atom. The lowest BCUT2D eigenvalue weighted by molar-refractivity contribution is 0.0601. The van der Waals surface area contributed by atoms with Gasteiger partial charge in [0.05, 0.1) is 22.0 Å². The molecule has 0 unspecified atom stereocenters. The number of hydrogen-bond acceptors (Lipinski definition) is 7. The molecule has 0 bridgehead atoms. The first-order valence-corrected chi connectivity index (χ1v) is 8.77. The van der Waals surface area contributed by atoms with E-state index in [1.54, 1.807) is 25.4 Å². The van der Waals surface area contributed by atoms with Crippen LogP contribution in [0.1, 0.15) is 36.1 Å². The summed E-state index contributed by atoms with van der Waals surface area (Å²) in [6.45, 7) is 1.56. The highest BCUT2D eigenvalue weighted by molar-refractivity contribution is 9.10. The van der Waals surface area contributed by atoms with Crippen molar-refractivity contribution in [2.75, 3.05) is 12.4 Å². The largest absolute Gasteiger partial charge is 0.465 e. The first-order valence-electron chi connectivity index (χ1n) is 7.16. The summed E-state index contributed by atoms with van der Waals surface area (Å²) in [5.74, 6) is -1.96. The maximum absolute atomic E-state index is 12.7. The number of carbonyl (C=O) groups is 3. The van der Waals surface area contributed by atoms with Gasteiger partial charge in [0, 0.05) is 12.4 Å². The Hall–Kier alpha value is -2.79. The van der Waals surface area contributed by atoms with E-state index in [1.165, 1.54) is 11.6 Å². The van der Waals surface area contributed by atoms with Gasteiger partial charge in [0.25, 0.3) is 11.8 Å². The maximum Gasteiger partial charge on any atom is 0.341 e. The Labute approximate surface area is 159 Å². The molecule has 0 aromatic carbocycles. The lowest BCUT2D eigenvalue weighted by Gasteiger charge is -2.04. The minimum absolute atomic E-state index is 0.0752. The summed E-state index contributed by atoms with van der Waals surface area (Å²) in [6.07, 6.45) is 3.21. The van der Waals surface area contributed by atoms with Crippen molar-refractivity contribution < 1.29 is 19.1 Å². The lowest BCUT2D eigenvalue weighted by atomic mass is 10.1. The maximum atomic E-state index is 12.7. The van der Waals surface area contributed by atoms with E-state index in [4.69, 9.17) is 10.5 Å². The standard InChI is InChI=1S/C15H12BrN5O4S/c1-6-7(15(24)25-2)14(26-10(6)11(17)22)19-13(23)9-8(16)12-18-4-3-5-21(12)20-9/h3-5H,1-2H3,(H2,17,22)(H,19,23). The van der Waals surface area contributed by atoms with E-state index < -0.39 is 17.8 Å². The van der Waals surface area contributed by atoms with Crippen molar-refractivity contribution >= 4 is 55.7 Å². The van der Waals surface area contributed by atoms with Crippen LogP contribution in [0.25, 0.3) is 5.65 Å². The molecule has 134 valence electrons. The summed E-state index contributed by atoms with van der Waals surface area (Å²) < 4.78 is 6.58. The van der Waals surface area contributed by atoms with Gasteiger partial charge in [-0.05, 0) is 34.5 Å². The molecule has 0 fully saturated rings. The van der Waals surface area contributed by atoms with E-state index in [0.717, 1.165) is 11.3 Å². The second-order valence-corrected chi connectivity index (χ2v) is 6.93. The molecule has 0 aliphatic heterocycles. The van der Waals surface area contributed by atoms with Crippen LogP contribution in [0.2, 0.25) is 0 Å². The Balaban J connectivity index is 2.03. The zero-order valence-electron chi connectivity index (χ0n) is 13.6. The summed E-state index contributed by atoms with van der Waals surface area (Å²) in [4.78, 5) is 40.6. The molecule has 0 aliphatic carbocycles. The number of nitrogens with one attached hydrogen (secondary N) is 1. The van der Waals surface area contributed by atoms with Crippen LogP contribution >= 0.6 is 27.3 Å². The van der Waals surface area contributed by atoms with Gasteiger partial charge in [-0.2, -0.15) is 5.10 Å². The number of nitrogens with zero attached hydrogens (tertiary/aromatic N) is 3. The van der Waals surface area contributed by atoms with Gasteiger partial charge in [0.2, 0.25) is 0 Å². The third kappa shape index (κ3) is 2.95. The van der Waals surface area contributed by atoms with Crippen LogP contribution < -0.4 is 11.1 Å². The minimum atomic E-state index is -0.698. The predicted molar refractivity (Wildman–Crippen MR) is 97.6 cm³/mol. The molecule has 2 amide bonds. The first kappa shape index (κ1) is 18.0. The average molecular weight is 438 g/mol. The SMILES string of the molecule is COC(=O)c1c(NC(=O)c2nn3cccnc3c2Br)sc(C(N)=O)c1C. The van der Waals surface area contributed by atoms with Gasteiger partial charge in [0.1, 0.15) is 5.00 Å². The zero-order chi connectivity index (χ0) is 19.0. The summed E-state index contributed by atoms with van der Waals surface area (Å²) in [7, 11) is 1.21. The number of aromatic nitrogens is 3. The second kappa shape index (κ2) is 6.84. The summed E-state index contributed by atoms with van der Waals surface area (Å²) in [5.41, 5.74) is 6.30. The number of ether oxygens (including phenoxy) is 1. The topological polar surface area (TPSA) is 129 Å². The first-order chi connectivity index (χ1) is 12.3. The smallest absolute Gasteiger partial charge is 0.341 e. The van der Waals surface area contributed by atoms with E-state index in [9.17, 15) is 14.4 Å². The highest BCUT2D eigenvalue weighted by atomic mass is 79.9. The Kier molecular flexibility index (Phi) is 4.74. The van der Waals surface area contributed by atoms with Crippen LogP contribution in [-0.4, -0.2) is 39.5 Å². The van der Waals surface area contributed by atoms with Gasteiger partial charge >= 0.3 is 5.97 Å². The Morgan fingerprint density at radius 3 is 2.73 bits per heavy atom. The van der Waals surface area contributed by atoms with Crippen molar-refractivity contribution in [3.8, 4) is 0 Å². The molecule has 3 N–H and O–H groups in total. The zero-order valence-corrected chi connectivity index (χ0v) is 16.0. The van der Waals surface area contributed by atoms with Gasteiger partial charge in [0.15, 0.2) is 11.3 Å². The predicted octanol–water partition coefficient (Wildman–Crippen LogP) is 2.00. The normalized spacial score (nSPS) is 10.7. The molecule has 11 heteroatoms. The highest BCUT2D eigenvalue weighted by Gasteiger charge is 2.27. The van der Waals surface area contributed by atoms with Crippen LogP contribution in [0.5, 0.6) is 0 Å². The van der Waals surface area contributed by atoms with Gasteiger partial charge in [-0.1, -0.05) is 0 Å². The average Bonchev–Trinajstić information content (AvgIpc) is 3.12. The highest BCUT2D eigenvalue weighted by Crippen LogP contribution is 2.34. The van der Waals surface area contributed by atoms with Crippen LogP contribution in [0.15, 0.2) is 22.9 Å². The number of halogens is 1. The lowest BCUT2D eigenvalue weighted by Crippen LogP contribution is -2.15. The third-order valence-corrected chi connectivity index (χ3v) is 5.49. The van der Waals surface area contributed by atoms with Crippen molar-refractivity contribution in [1.29, 1.82) is 0 Å². The minimum Gasteiger partial charge on any atom is -0.465 e. The molecule has 3 rings (SSSR count). The molecule has 0 radical (unpaired) electrons. The van der Waals surface area contributed by atoms with Crippen molar-refractivity contribution in [3.63, 3.8) is 0 Å². The molecule has 26 heavy (non-hydrogen) atoms. The molecule has 3 heterocycles. The van der Waals surface area contributed by atoms with Crippen molar-refractivity contribution in [2.24, 2.45) is 5.73 Å². The van der Waals surface area contributed by atoms with Crippen molar-refractivity contribution in [1.82, 2.24) is 14.6 Å². The number of anilines is 1. The summed E-state index contributed by atoms with van der Waals surface area (Å²) in [6, 6.07) is 1.67. The quantitative estimate of drug-likeness (QED) is 0.600. The molecule has 0 saturated heterocycles. The van der Waals surface area contributed by atoms with E-state index in [2.05, 4.69) is 31.3 Å². The number of esters is 1. The van der Waals surface area contributed by atoms with E-state index in [1.807, 2.05) is 0 Å². The molecule has 0 saturated carbocycles. The Morgan fingerprint density at radius 2 is 2.12 bits per heavy atom. The number of primary amides is 1. The summed E-state index contributed by atoms with van der Waals surface area (Å²) in [5, 5.41) is 6.91. The Bertz CT molecular complexity index is 1060. The number of fused-ring (bicyclic) bond motifs is 1. The molecule has 3 aromatic heterocycles. The van der Waals surface area contributed by atoms with Crippen LogP contribution in [-0.2, 0) is 4.74 Å². The molecular formula is C15H12BrN5O4S. The van der Waals surface area contributed by atoms with Gasteiger partial charge in [-0.15, -0.1) is 11.3 Å². The number of methoxy groups -OCH3 is 1. The summed E-state index contributed by atoms with van der Waals surface area (Å²) >= 11 is 4.20. The number of amides is 2. The third-order valence-electron chi connectivity index (χ3n) is 3.54. The second-order valence-electron chi connectivity index (χ2n) is 5.12. The number of carbonyl (C=O) groups excluding carboxylic acids is 3. The fourth-order valence-corrected chi connectivity index (χ4v) is 3.94. The van der Waals surface area contributed by atoms with E-state index in [-0.39, 0.29) is 21.1 Å². The van der Waals surface area contributed by atoms with Gasteiger partial charge in [-0.3, -0.25) is 9.59 Å². The van der Waals surface area contributed by atoms with Crippen LogP contribution in [0.4, 0.5) is 5.00 Å². The number of nitrogens with two attached hydrogens (primary N) is 1. The van der Waals surface area contributed by atoms with Crippen molar-refractivity contribution in [2.45, 2.75) is 6.92 Å².